The summed E-state index contributed by atoms with van der Waals surface area (Å²) in [5.41, 5.74) is -1.40. The molecular formula is C15H20BrNO8. The molecule has 0 unspecified atom stereocenters. The van der Waals surface area contributed by atoms with Crippen LogP contribution in [-0.4, -0.2) is 63.8 Å². The molecule has 0 aromatic carbocycles. The summed E-state index contributed by atoms with van der Waals surface area (Å²) in [6.07, 6.45) is -4.18. The maximum Gasteiger partial charge on any atom is 0.303 e. The third kappa shape index (κ3) is 3.50. The van der Waals surface area contributed by atoms with E-state index < -0.39 is 53.0 Å². The van der Waals surface area contributed by atoms with Gasteiger partial charge in [0.2, 0.25) is 5.91 Å². The molecule has 0 aromatic heterocycles. The minimum Gasteiger partial charge on any atom is -0.456 e. The first-order chi connectivity index (χ1) is 11.5. The fourth-order valence-electron chi connectivity index (χ4n) is 3.36. The lowest BCUT2D eigenvalue weighted by atomic mass is 9.93. The zero-order chi connectivity index (χ0) is 19.1. The van der Waals surface area contributed by atoms with Crippen LogP contribution < -0.4 is 0 Å². The minimum atomic E-state index is -1.40. The van der Waals surface area contributed by atoms with Crippen LogP contribution in [0.1, 0.15) is 34.6 Å². The second-order valence-electron chi connectivity index (χ2n) is 6.08. The molecule has 25 heavy (non-hydrogen) atoms. The molecule has 2 aliphatic rings. The third-order valence-electron chi connectivity index (χ3n) is 4.08. The van der Waals surface area contributed by atoms with Crippen molar-refractivity contribution in [1.82, 2.24) is 4.90 Å². The highest BCUT2D eigenvalue weighted by Crippen LogP contribution is 2.47. The SMILES string of the molecule is CC(=O)O[C@@H]1[C@H]2O[C@@](C)([C@@H](OC(C)=O)[C@H]1OC(C)=O)N(C(C)=O)[C@H]2Br. The number of halogens is 1. The zero-order valence-electron chi connectivity index (χ0n) is 14.5. The number of hydrogen-bond donors (Lipinski definition) is 0. The van der Waals surface area contributed by atoms with Gasteiger partial charge in [-0.2, -0.15) is 0 Å². The Hall–Kier alpha value is -1.68. The monoisotopic (exact) mass is 421 g/mol. The van der Waals surface area contributed by atoms with E-state index in [4.69, 9.17) is 18.9 Å². The minimum absolute atomic E-state index is 0.353. The van der Waals surface area contributed by atoms with Crippen LogP contribution in [0.15, 0.2) is 0 Å². The predicted molar refractivity (Wildman–Crippen MR) is 85.2 cm³/mol. The Balaban J connectivity index is 2.56. The molecule has 1 amide bonds. The van der Waals surface area contributed by atoms with Crippen LogP contribution in [0.25, 0.3) is 0 Å². The van der Waals surface area contributed by atoms with Crippen LogP contribution in [-0.2, 0) is 38.1 Å². The summed E-state index contributed by atoms with van der Waals surface area (Å²) >= 11 is 3.37. The van der Waals surface area contributed by atoms with Gasteiger partial charge < -0.3 is 18.9 Å². The van der Waals surface area contributed by atoms with Crippen molar-refractivity contribution in [2.45, 2.75) is 69.7 Å². The van der Waals surface area contributed by atoms with E-state index in [0.29, 0.717) is 0 Å². The number of carbonyl (C=O) groups excluding carboxylic acids is 4. The number of ether oxygens (including phenoxy) is 4. The van der Waals surface area contributed by atoms with Gasteiger partial charge in [-0.3, -0.25) is 24.1 Å². The average Bonchev–Trinajstić information content (AvgIpc) is 2.68. The Bertz CT molecular complexity index is 610. The van der Waals surface area contributed by atoms with Crippen LogP contribution in [0.3, 0.4) is 0 Å². The highest BCUT2D eigenvalue weighted by Gasteiger charge is 2.68. The summed E-state index contributed by atoms with van der Waals surface area (Å²) in [7, 11) is 0. The molecule has 2 heterocycles. The van der Waals surface area contributed by atoms with E-state index in [1.807, 2.05) is 0 Å². The first-order valence-electron chi connectivity index (χ1n) is 7.62. The summed E-state index contributed by atoms with van der Waals surface area (Å²) in [4.78, 5) is 47.5. The first-order valence-corrected chi connectivity index (χ1v) is 8.54. The Kier molecular flexibility index (Phi) is 5.43. The lowest BCUT2D eigenvalue weighted by molar-refractivity contribution is -0.269. The lowest BCUT2D eigenvalue weighted by Crippen LogP contribution is -2.65. The number of alkyl halides is 1. The van der Waals surface area contributed by atoms with E-state index in [1.54, 1.807) is 6.92 Å². The van der Waals surface area contributed by atoms with E-state index in [9.17, 15) is 19.2 Å². The van der Waals surface area contributed by atoms with Crippen LogP contribution in [0.4, 0.5) is 0 Å². The molecule has 140 valence electrons. The number of amides is 1. The van der Waals surface area contributed by atoms with Gasteiger partial charge in [-0.15, -0.1) is 0 Å². The number of carbonyl (C=O) groups is 4. The quantitative estimate of drug-likeness (QED) is 0.280. The second kappa shape index (κ2) is 6.91. The molecule has 0 radical (unpaired) electrons. The number of likely N-dealkylation sites (tertiary alicyclic amines) is 1. The Morgan fingerprint density at radius 3 is 1.84 bits per heavy atom. The molecule has 0 aromatic rings. The molecule has 2 rings (SSSR count). The van der Waals surface area contributed by atoms with Gasteiger partial charge in [0, 0.05) is 27.7 Å². The van der Waals surface area contributed by atoms with E-state index in [2.05, 4.69) is 15.9 Å². The number of hydrogen-bond acceptors (Lipinski definition) is 8. The fourth-order valence-corrected chi connectivity index (χ4v) is 4.46. The molecule has 2 saturated heterocycles. The number of esters is 3. The third-order valence-corrected chi connectivity index (χ3v) is 5.01. The number of nitrogens with zero attached hydrogens (tertiary/aromatic N) is 1. The highest BCUT2D eigenvalue weighted by atomic mass is 79.9. The lowest BCUT2D eigenvalue weighted by Gasteiger charge is -2.46. The summed E-state index contributed by atoms with van der Waals surface area (Å²) < 4.78 is 21.9. The summed E-state index contributed by atoms with van der Waals surface area (Å²) in [5, 5.41) is 0. The summed E-state index contributed by atoms with van der Waals surface area (Å²) in [6.45, 7) is 6.44. The molecule has 0 spiro atoms. The standard InChI is InChI=1S/C15H20BrNO8/c1-6(18)17-14(16)12-10(22-7(2)19)11(23-8(3)20)13(24-9(4)21)15(17,5)25-12/h10-14H,1-5H3/t10-,11-,12+,13-,14+,15-/m0/s1. The predicted octanol–water partition coefficient (Wildman–Crippen LogP) is 0.480. The molecule has 6 atom stereocenters. The van der Waals surface area contributed by atoms with Crippen molar-refractivity contribution in [2.75, 3.05) is 0 Å². The van der Waals surface area contributed by atoms with Gasteiger partial charge in [-0.25, -0.2) is 0 Å². The zero-order valence-corrected chi connectivity index (χ0v) is 16.1. The van der Waals surface area contributed by atoms with Gasteiger partial charge in [-0.05, 0) is 6.92 Å². The molecular weight excluding hydrogens is 402 g/mol. The van der Waals surface area contributed by atoms with Gasteiger partial charge >= 0.3 is 17.9 Å². The fraction of sp³-hybridized carbons (Fsp3) is 0.733. The Morgan fingerprint density at radius 1 is 0.920 bits per heavy atom. The Labute approximate surface area is 153 Å². The van der Waals surface area contributed by atoms with Crippen LogP contribution in [0.5, 0.6) is 0 Å². The molecule has 0 N–H and O–H groups in total. The molecule has 10 heteroatoms. The van der Waals surface area contributed by atoms with Gasteiger partial charge in [0.25, 0.3) is 0 Å². The Morgan fingerprint density at radius 2 is 1.40 bits per heavy atom. The molecule has 9 nitrogen and oxygen atoms in total. The van der Waals surface area contributed by atoms with Crippen molar-refractivity contribution in [3.05, 3.63) is 0 Å². The van der Waals surface area contributed by atoms with Gasteiger partial charge in [0.15, 0.2) is 24.0 Å². The van der Waals surface area contributed by atoms with E-state index in [1.165, 1.54) is 32.6 Å². The second-order valence-corrected chi connectivity index (χ2v) is 7.02. The van der Waals surface area contributed by atoms with Gasteiger partial charge in [0.1, 0.15) is 11.1 Å². The van der Waals surface area contributed by atoms with Crippen molar-refractivity contribution < 1.29 is 38.1 Å². The van der Waals surface area contributed by atoms with Gasteiger partial charge in [-0.1, -0.05) is 15.9 Å². The number of fused-ring (bicyclic) bond motifs is 2. The van der Waals surface area contributed by atoms with E-state index in [-0.39, 0.29) is 5.91 Å². The van der Waals surface area contributed by atoms with Crippen molar-refractivity contribution in [3.8, 4) is 0 Å². The molecule has 2 bridgehead atoms. The normalized spacial score (nSPS) is 36.6. The van der Waals surface area contributed by atoms with Crippen molar-refractivity contribution in [3.63, 3.8) is 0 Å². The molecule has 0 aliphatic carbocycles. The van der Waals surface area contributed by atoms with Crippen molar-refractivity contribution in [1.29, 1.82) is 0 Å². The molecule has 2 aliphatic heterocycles. The topological polar surface area (TPSA) is 108 Å². The highest BCUT2D eigenvalue weighted by molar-refractivity contribution is 9.09. The van der Waals surface area contributed by atoms with E-state index >= 15 is 0 Å². The maximum atomic E-state index is 12.2. The average molecular weight is 422 g/mol. The molecule has 2 fully saturated rings. The van der Waals surface area contributed by atoms with Crippen molar-refractivity contribution in [2.24, 2.45) is 0 Å². The summed E-state index contributed by atoms with van der Waals surface area (Å²) in [6, 6.07) is 0. The van der Waals surface area contributed by atoms with E-state index in [0.717, 1.165) is 0 Å². The largest absolute Gasteiger partial charge is 0.456 e. The van der Waals surface area contributed by atoms with Gasteiger partial charge in [0.05, 0.1) is 0 Å². The maximum absolute atomic E-state index is 12.2. The smallest absolute Gasteiger partial charge is 0.303 e. The van der Waals surface area contributed by atoms with Crippen LogP contribution in [0, 0.1) is 0 Å². The van der Waals surface area contributed by atoms with Crippen LogP contribution >= 0.6 is 15.9 Å². The molecule has 0 saturated carbocycles. The van der Waals surface area contributed by atoms with Crippen molar-refractivity contribution >= 4 is 39.7 Å². The van der Waals surface area contributed by atoms with Crippen LogP contribution in [0.2, 0.25) is 0 Å². The number of rotatable bonds is 3. The summed E-state index contributed by atoms with van der Waals surface area (Å²) in [5.74, 6) is -2.29. The first kappa shape index (κ1) is 19.6.